The van der Waals surface area contributed by atoms with Crippen LogP contribution in [0, 0.1) is 0 Å². The SMILES string of the molecule is C[C@]1(O)CN(C(=O)c2ccccc2)C(=S)N1c1ccccc1. The van der Waals surface area contributed by atoms with Crippen LogP contribution in [-0.4, -0.2) is 33.3 Å². The first kappa shape index (κ1) is 14.7. The van der Waals surface area contributed by atoms with Crippen LogP contribution >= 0.6 is 12.2 Å². The summed E-state index contributed by atoms with van der Waals surface area (Å²) in [6, 6.07) is 18.3. The van der Waals surface area contributed by atoms with Crippen molar-refractivity contribution in [2.75, 3.05) is 11.4 Å². The van der Waals surface area contributed by atoms with Crippen molar-refractivity contribution in [2.45, 2.75) is 12.6 Å². The van der Waals surface area contributed by atoms with Crippen LogP contribution in [0.2, 0.25) is 0 Å². The summed E-state index contributed by atoms with van der Waals surface area (Å²) in [7, 11) is 0. The van der Waals surface area contributed by atoms with E-state index in [0.29, 0.717) is 10.7 Å². The van der Waals surface area contributed by atoms with Gasteiger partial charge < -0.3 is 5.11 Å². The quantitative estimate of drug-likeness (QED) is 0.866. The van der Waals surface area contributed by atoms with Gasteiger partial charge in [-0.15, -0.1) is 0 Å². The van der Waals surface area contributed by atoms with Gasteiger partial charge in [-0.25, -0.2) is 0 Å². The molecule has 1 amide bonds. The second-order valence-electron chi connectivity index (χ2n) is 5.43. The Balaban J connectivity index is 1.94. The first-order valence-electron chi connectivity index (χ1n) is 6.99. The van der Waals surface area contributed by atoms with E-state index in [1.807, 2.05) is 36.4 Å². The lowest BCUT2D eigenvalue weighted by atomic mass is 10.2. The summed E-state index contributed by atoms with van der Waals surface area (Å²) < 4.78 is 0. The molecule has 112 valence electrons. The summed E-state index contributed by atoms with van der Waals surface area (Å²) in [5.41, 5.74) is 0.0829. The lowest BCUT2D eigenvalue weighted by Crippen LogP contribution is -2.44. The number of nitrogens with zero attached hydrogens (tertiary/aromatic N) is 2. The fraction of sp³-hybridized carbons (Fsp3) is 0.176. The molecule has 3 rings (SSSR count). The molecule has 2 aromatic rings. The molecular weight excluding hydrogens is 296 g/mol. The van der Waals surface area contributed by atoms with E-state index in [1.165, 1.54) is 4.90 Å². The molecule has 22 heavy (non-hydrogen) atoms. The van der Waals surface area contributed by atoms with Gasteiger partial charge in [-0.05, 0) is 43.4 Å². The Kier molecular flexibility index (Phi) is 3.68. The summed E-state index contributed by atoms with van der Waals surface area (Å²) in [5.74, 6) is -0.204. The Morgan fingerprint density at radius 1 is 1.09 bits per heavy atom. The molecule has 1 N–H and O–H groups in total. The summed E-state index contributed by atoms with van der Waals surface area (Å²) >= 11 is 5.44. The molecule has 0 radical (unpaired) electrons. The largest absolute Gasteiger partial charge is 0.369 e. The highest BCUT2D eigenvalue weighted by Crippen LogP contribution is 2.31. The molecule has 2 aromatic carbocycles. The maximum Gasteiger partial charge on any atom is 0.260 e. The zero-order valence-electron chi connectivity index (χ0n) is 12.1. The van der Waals surface area contributed by atoms with E-state index in [0.717, 1.165) is 5.69 Å². The number of β-amino-alcohol motifs (C(OH)–C–C–N with tert-alkyl or cyclic N) is 1. The Bertz CT molecular complexity index is 701. The van der Waals surface area contributed by atoms with Crippen LogP contribution in [0.3, 0.4) is 0 Å². The van der Waals surface area contributed by atoms with Crippen LogP contribution < -0.4 is 4.90 Å². The molecule has 0 aromatic heterocycles. The van der Waals surface area contributed by atoms with Crippen LogP contribution in [0.15, 0.2) is 60.7 Å². The lowest BCUT2D eigenvalue weighted by molar-refractivity contribution is 0.0588. The number of benzene rings is 2. The minimum absolute atomic E-state index is 0.133. The van der Waals surface area contributed by atoms with Gasteiger partial charge in [-0.3, -0.25) is 14.6 Å². The van der Waals surface area contributed by atoms with Crippen LogP contribution in [0.4, 0.5) is 5.69 Å². The Morgan fingerprint density at radius 2 is 1.64 bits per heavy atom. The third kappa shape index (κ3) is 2.49. The molecule has 0 saturated carbocycles. The van der Waals surface area contributed by atoms with E-state index < -0.39 is 5.72 Å². The van der Waals surface area contributed by atoms with Crippen LogP contribution in [-0.2, 0) is 0 Å². The van der Waals surface area contributed by atoms with E-state index in [-0.39, 0.29) is 12.5 Å². The van der Waals surface area contributed by atoms with Crippen molar-refractivity contribution in [3.05, 3.63) is 66.2 Å². The smallest absolute Gasteiger partial charge is 0.260 e. The van der Waals surface area contributed by atoms with E-state index in [9.17, 15) is 9.90 Å². The minimum atomic E-state index is -1.23. The van der Waals surface area contributed by atoms with E-state index >= 15 is 0 Å². The van der Waals surface area contributed by atoms with Crippen molar-refractivity contribution in [3.63, 3.8) is 0 Å². The molecule has 1 fully saturated rings. The first-order chi connectivity index (χ1) is 10.5. The maximum absolute atomic E-state index is 12.6. The standard InChI is InChI=1S/C17H16N2O2S/c1-17(21)12-18(15(20)13-8-4-2-5-9-13)16(22)19(17)14-10-6-3-7-11-14/h2-11,21H,12H2,1H3/t17-/m0/s1. The number of thiocarbonyl (C=S) groups is 1. The van der Waals surface area contributed by atoms with Gasteiger partial charge in [0.15, 0.2) is 10.8 Å². The zero-order chi connectivity index (χ0) is 15.7. The third-order valence-electron chi connectivity index (χ3n) is 3.64. The summed E-state index contributed by atoms with van der Waals surface area (Å²) in [4.78, 5) is 15.7. The molecule has 1 aliphatic heterocycles. The molecule has 0 unspecified atom stereocenters. The normalized spacial score (nSPS) is 21.3. The van der Waals surface area contributed by atoms with Crippen molar-refractivity contribution in [1.29, 1.82) is 0 Å². The minimum Gasteiger partial charge on any atom is -0.369 e. The molecule has 1 atom stereocenters. The third-order valence-corrected chi connectivity index (χ3v) is 4.04. The summed E-state index contributed by atoms with van der Waals surface area (Å²) in [6.45, 7) is 1.79. The number of hydrogen-bond donors (Lipinski definition) is 1. The highest BCUT2D eigenvalue weighted by Gasteiger charge is 2.46. The van der Waals surface area contributed by atoms with Crippen molar-refractivity contribution in [1.82, 2.24) is 4.90 Å². The number of anilines is 1. The van der Waals surface area contributed by atoms with Gasteiger partial charge in [0.05, 0.1) is 6.54 Å². The fourth-order valence-corrected chi connectivity index (χ4v) is 3.08. The number of aliphatic hydroxyl groups is 1. The topological polar surface area (TPSA) is 43.8 Å². The Labute approximate surface area is 134 Å². The van der Waals surface area contributed by atoms with E-state index in [4.69, 9.17) is 12.2 Å². The zero-order valence-corrected chi connectivity index (χ0v) is 13.0. The van der Waals surface area contributed by atoms with Gasteiger partial charge in [-0.1, -0.05) is 36.4 Å². The number of hydrogen-bond acceptors (Lipinski definition) is 3. The van der Waals surface area contributed by atoms with Crippen molar-refractivity contribution >= 4 is 28.9 Å². The molecule has 5 heteroatoms. The lowest BCUT2D eigenvalue weighted by Gasteiger charge is -2.29. The number of carbonyl (C=O) groups is 1. The van der Waals surface area contributed by atoms with Gasteiger partial charge in [-0.2, -0.15) is 0 Å². The summed E-state index contributed by atoms with van der Waals surface area (Å²) in [5, 5.41) is 11.0. The maximum atomic E-state index is 12.6. The molecule has 4 nitrogen and oxygen atoms in total. The second-order valence-corrected chi connectivity index (χ2v) is 5.79. The van der Waals surface area contributed by atoms with Crippen molar-refractivity contribution < 1.29 is 9.90 Å². The average Bonchev–Trinajstić information content (AvgIpc) is 2.78. The van der Waals surface area contributed by atoms with E-state index in [2.05, 4.69) is 0 Å². The summed E-state index contributed by atoms with van der Waals surface area (Å²) in [6.07, 6.45) is 0. The Hall–Kier alpha value is -2.24. The van der Waals surface area contributed by atoms with Gasteiger partial charge in [0.2, 0.25) is 0 Å². The van der Waals surface area contributed by atoms with Gasteiger partial charge in [0.25, 0.3) is 5.91 Å². The monoisotopic (exact) mass is 312 g/mol. The van der Waals surface area contributed by atoms with Crippen molar-refractivity contribution in [2.24, 2.45) is 0 Å². The number of amides is 1. The van der Waals surface area contributed by atoms with Crippen molar-refractivity contribution in [3.8, 4) is 0 Å². The second kappa shape index (κ2) is 5.51. The molecule has 0 bridgehead atoms. The molecule has 0 spiro atoms. The Morgan fingerprint density at radius 3 is 2.23 bits per heavy atom. The van der Waals surface area contributed by atoms with Crippen LogP contribution in [0.25, 0.3) is 0 Å². The molecule has 1 heterocycles. The predicted octanol–water partition coefficient (Wildman–Crippen LogP) is 2.64. The molecular formula is C17H16N2O2S. The average molecular weight is 312 g/mol. The molecule has 1 saturated heterocycles. The highest BCUT2D eigenvalue weighted by molar-refractivity contribution is 7.80. The van der Waals surface area contributed by atoms with Gasteiger partial charge >= 0.3 is 0 Å². The molecule has 0 aliphatic carbocycles. The van der Waals surface area contributed by atoms with Gasteiger partial charge in [0.1, 0.15) is 0 Å². The fourth-order valence-electron chi connectivity index (χ4n) is 2.63. The number of rotatable bonds is 2. The highest BCUT2D eigenvalue weighted by atomic mass is 32.1. The number of carbonyl (C=O) groups excluding carboxylic acids is 1. The first-order valence-corrected chi connectivity index (χ1v) is 7.40. The van der Waals surface area contributed by atoms with Crippen LogP contribution in [0.1, 0.15) is 17.3 Å². The predicted molar refractivity (Wildman–Crippen MR) is 89.6 cm³/mol. The number of para-hydroxylation sites is 1. The van der Waals surface area contributed by atoms with Crippen LogP contribution in [0.5, 0.6) is 0 Å². The molecule has 1 aliphatic rings. The van der Waals surface area contributed by atoms with E-state index in [1.54, 1.807) is 36.1 Å². The van der Waals surface area contributed by atoms with Gasteiger partial charge in [0, 0.05) is 11.3 Å².